The van der Waals surface area contributed by atoms with Gasteiger partial charge < -0.3 is 0 Å². The van der Waals surface area contributed by atoms with Gasteiger partial charge in [0.15, 0.2) is 0 Å². The molecule has 6 nitrogen and oxygen atoms in total. The van der Waals surface area contributed by atoms with E-state index in [0.717, 1.165) is 13.7 Å². The third-order valence-electron chi connectivity index (χ3n) is 2.59. The summed E-state index contributed by atoms with van der Waals surface area (Å²) in [6, 6.07) is -0.206. The van der Waals surface area contributed by atoms with Crippen molar-refractivity contribution in [3.63, 3.8) is 0 Å². The molecular weight excluding hydrogens is 198 g/mol. The predicted octanol–water partition coefficient (Wildman–Crippen LogP) is -0.783. The van der Waals surface area contributed by atoms with E-state index in [0.29, 0.717) is 6.42 Å². The van der Waals surface area contributed by atoms with Crippen molar-refractivity contribution in [2.24, 2.45) is 14.1 Å². The molecule has 6 heteroatoms. The quantitative estimate of drug-likeness (QED) is 0.647. The van der Waals surface area contributed by atoms with Crippen molar-refractivity contribution in [1.82, 2.24) is 13.7 Å². The van der Waals surface area contributed by atoms with Gasteiger partial charge in [-0.05, 0) is 13.3 Å². The van der Waals surface area contributed by atoms with E-state index in [9.17, 15) is 14.4 Å². The fraction of sp³-hybridized carbons (Fsp3) is 0.667. The van der Waals surface area contributed by atoms with E-state index in [4.69, 9.17) is 0 Å². The van der Waals surface area contributed by atoms with Crippen molar-refractivity contribution in [2.75, 3.05) is 0 Å². The fourth-order valence-corrected chi connectivity index (χ4v) is 1.35. The molecule has 15 heavy (non-hydrogen) atoms. The third kappa shape index (κ3) is 1.67. The molecule has 0 fully saturated rings. The fourth-order valence-electron chi connectivity index (χ4n) is 1.35. The lowest BCUT2D eigenvalue weighted by Gasteiger charge is -2.13. The second kappa shape index (κ2) is 3.88. The standard InChI is InChI=1S/C9H15N3O3/c1-5-6(2)12-8(14)10(3)7(13)11(4)9(12)15/h6H,5H2,1-4H3. The monoisotopic (exact) mass is 213 g/mol. The number of aromatic nitrogens is 3. The molecule has 1 aromatic heterocycles. The molecule has 0 aliphatic carbocycles. The molecule has 0 radical (unpaired) electrons. The van der Waals surface area contributed by atoms with E-state index in [1.165, 1.54) is 14.1 Å². The van der Waals surface area contributed by atoms with E-state index >= 15 is 0 Å². The zero-order valence-corrected chi connectivity index (χ0v) is 9.35. The summed E-state index contributed by atoms with van der Waals surface area (Å²) in [5.41, 5.74) is -1.71. The zero-order valence-electron chi connectivity index (χ0n) is 9.35. The number of rotatable bonds is 2. The van der Waals surface area contributed by atoms with Crippen LogP contribution in [-0.2, 0) is 14.1 Å². The average molecular weight is 213 g/mol. The second-order valence-corrected chi connectivity index (χ2v) is 3.59. The summed E-state index contributed by atoms with van der Waals surface area (Å²) in [5.74, 6) is 0. The molecule has 1 heterocycles. The lowest BCUT2D eigenvalue weighted by molar-refractivity contribution is 0.428. The van der Waals surface area contributed by atoms with Gasteiger partial charge in [-0.3, -0.25) is 0 Å². The summed E-state index contributed by atoms with van der Waals surface area (Å²) in [6.45, 7) is 3.65. The normalized spacial score (nSPS) is 12.8. The molecule has 0 saturated carbocycles. The van der Waals surface area contributed by atoms with Crippen molar-refractivity contribution in [3.8, 4) is 0 Å². The minimum absolute atomic E-state index is 0.206. The lowest BCUT2D eigenvalue weighted by Crippen LogP contribution is -2.53. The zero-order chi connectivity index (χ0) is 11.7. The second-order valence-electron chi connectivity index (χ2n) is 3.59. The molecule has 0 bridgehead atoms. The number of hydrogen-bond donors (Lipinski definition) is 0. The molecule has 1 atom stereocenters. The first-order valence-corrected chi connectivity index (χ1v) is 4.80. The van der Waals surface area contributed by atoms with Gasteiger partial charge in [-0.15, -0.1) is 0 Å². The Bertz CT molecular complexity index is 495. The molecule has 1 unspecified atom stereocenters. The van der Waals surface area contributed by atoms with E-state index in [1.807, 2.05) is 6.92 Å². The van der Waals surface area contributed by atoms with E-state index in [1.54, 1.807) is 6.92 Å². The van der Waals surface area contributed by atoms with Crippen LogP contribution >= 0.6 is 0 Å². The summed E-state index contributed by atoms with van der Waals surface area (Å²) in [6.07, 6.45) is 0.660. The van der Waals surface area contributed by atoms with Crippen molar-refractivity contribution in [2.45, 2.75) is 26.3 Å². The van der Waals surface area contributed by atoms with Crippen LogP contribution in [0.5, 0.6) is 0 Å². The third-order valence-corrected chi connectivity index (χ3v) is 2.59. The van der Waals surface area contributed by atoms with Gasteiger partial charge in [0.25, 0.3) is 0 Å². The molecule has 0 N–H and O–H groups in total. The Morgan fingerprint density at radius 2 is 1.40 bits per heavy atom. The smallest absolute Gasteiger partial charge is 0.248 e. The van der Waals surface area contributed by atoms with Crippen LogP contribution < -0.4 is 17.1 Å². The Kier molecular flexibility index (Phi) is 2.97. The molecule has 0 aromatic carbocycles. The average Bonchev–Trinajstić information content (AvgIpc) is 2.23. The first-order chi connectivity index (χ1) is 6.91. The Labute approximate surface area is 86.4 Å². The molecule has 0 amide bonds. The molecule has 1 aromatic rings. The highest BCUT2D eigenvalue weighted by atomic mass is 16.2. The van der Waals surface area contributed by atoms with Crippen LogP contribution in [0.1, 0.15) is 26.3 Å². The number of nitrogens with zero attached hydrogens (tertiary/aromatic N) is 3. The maximum atomic E-state index is 11.7. The molecule has 0 saturated heterocycles. The van der Waals surface area contributed by atoms with Gasteiger partial charge in [-0.1, -0.05) is 6.92 Å². The summed E-state index contributed by atoms with van der Waals surface area (Å²) in [4.78, 5) is 34.7. The Hall–Kier alpha value is -1.59. The van der Waals surface area contributed by atoms with E-state index < -0.39 is 17.1 Å². The predicted molar refractivity (Wildman–Crippen MR) is 56.2 cm³/mol. The highest BCUT2D eigenvalue weighted by Crippen LogP contribution is 2.01. The topological polar surface area (TPSA) is 66.0 Å². The van der Waals surface area contributed by atoms with Crippen LogP contribution in [0, 0.1) is 0 Å². The Morgan fingerprint density at radius 3 is 1.73 bits per heavy atom. The highest BCUT2D eigenvalue weighted by molar-refractivity contribution is 4.79. The van der Waals surface area contributed by atoms with Crippen LogP contribution in [0.15, 0.2) is 14.4 Å². The SMILES string of the molecule is CCC(C)n1c(=O)n(C)c(=O)n(C)c1=O. The maximum absolute atomic E-state index is 11.7. The van der Waals surface area contributed by atoms with Crippen molar-refractivity contribution in [3.05, 3.63) is 31.5 Å². The van der Waals surface area contributed by atoms with Gasteiger partial charge in [-0.25, -0.2) is 28.1 Å². The van der Waals surface area contributed by atoms with Crippen molar-refractivity contribution >= 4 is 0 Å². The first kappa shape index (κ1) is 11.5. The van der Waals surface area contributed by atoms with Gasteiger partial charge in [0.1, 0.15) is 0 Å². The first-order valence-electron chi connectivity index (χ1n) is 4.80. The van der Waals surface area contributed by atoms with Crippen molar-refractivity contribution in [1.29, 1.82) is 0 Å². The summed E-state index contributed by atoms with van der Waals surface area (Å²) in [5, 5.41) is 0. The Morgan fingerprint density at radius 1 is 1.00 bits per heavy atom. The molecule has 0 aliphatic heterocycles. The van der Waals surface area contributed by atoms with Crippen LogP contribution in [0.2, 0.25) is 0 Å². The van der Waals surface area contributed by atoms with Crippen LogP contribution in [0.4, 0.5) is 0 Å². The van der Waals surface area contributed by atoms with Crippen LogP contribution in [0.3, 0.4) is 0 Å². The number of hydrogen-bond acceptors (Lipinski definition) is 3. The van der Waals surface area contributed by atoms with Gasteiger partial charge in [0, 0.05) is 20.1 Å². The molecule has 0 spiro atoms. The minimum Gasteiger partial charge on any atom is -0.248 e. The maximum Gasteiger partial charge on any atom is 0.336 e. The molecular formula is C9H15N3O3. The van der Waals surface area contributed by atoms with E-state index in [2.05, 4.69) is 0 Å². The van der Waals surface area contributed by atoms with Gasteiger partial charge >= 0.3 is 17.1 Å². The van der Waals surface area contributed by atoms with Crippen molar-refractivity contribution < 1.29 is 0 Å². The lowest BCUT2D eigenvalue weighted by atomic mass is 10.3. The van der Waals surface area contributed by atoms with Crippen LogP contribution in [0.25, 0.3) is 0 Å². The highest BCUT2D eigenvalue weighted by Gasteiger charge is 2.14. The van der Waals surface area contributed by atoms with E-state index in [-0.39, 0.29) is 6.04 Å². The van der Waals surface area contributed by atoms with Gasteiger partial charge in [0.05, 0.1) is 0 Å². The molecule has 0 aliphatic rings. The molecule has 1 rings (SSSR count). The summed E-state index contributed by atoms with van der Waals surface area (Å²) < 4.78 is 2.97. The minimum atomic E-state index is -0.593. The van der Waals surface area contributed by atoms with Gasteiger partial charge in [-0.2, -0.15) is 0 Å². The Balaban J connectivity index is 3.77. The van der Waals surface area contributed by atoms with Gasteiger partial charge in [0.2, 0.25) is 0 Å². The van der Waals surface area contributed by atoms with Crippen LogP contribution in [-0.4, -0.2) is 13.7 Å². The summed E-state index contributed by atoms with van der Waals surface area (Å²) in [7, 11) is 2.73. The largest absolute Gasteiger partial charge is 0.336 e. The molecule has 84 valence electrons. The summed E-state index contributed by atoms with van der Waals surface area (Å²) >= 11 is 0.